The van der Waals surface area contributed by atoms with Crippen LogP contribution in [0.3, 0.4) is 0 Å². The van der Waals surface area contributed by atoms with Crippen LogP contribution < -0.4 is 0 Å². The maximum absolute atomic E-state index is 11.8. The number of esters is 1. The molecule has 112 valence electrons. The second-order valence-corrected chi connectivity index (χ2v) is 8.16. The molecule has 0 aliphatic rings. The minimum absolute atomic E-state index is 0.129. The molecular formula is C15H13Br3O2S. The summed E-state index contributed by atoms with van der Waals surface area (Å²) in [5, 5.41) is 0. The van der Waals surface area contributed by atoms with Gasteiger partial charge >= 0.3 is 5.97 Å². The van der Waals surface area contributed by atoms with Gasteiger partial charge in [0, 0.05) is 14.2 Å². The quantitative estimate of drug-likeness (QED) is 0.378. The van der Waals surface area contributed by atoms with Crippen molar-refractivity contribution in [2.24, 2.45) is 0 Å². The van der Waals surface area contributed by atoms with Crippen LogP contribution in [0.1, 0.15) is 16.6 Å². The molecule has 0 saturated carbocycles. The SMILES string of the molecule is CCOC(=O)[C@H](Br)[C@H](Br)c1cc(Br)c(-c2ccccc2)s1. The first-order chi connectivity index (χ1) is 10.0. The standard InChI is InChI=1S/C15H13Br3O2S/c1-2-20-15(19)13(18)12(17)11-8-10(16)14(21-11)9-6-4-3-5-7-9/h3-8,12-13H,2H2,1H3/t12-,13-/m1/s1. The maximum atomic E-state index is 11.8. The summed E-state index contributed by atoms with van der Waals surface area (Å²) >= 11 is 12.2. The molecule has 0 aliphatic heterocycles. The van der Waals surface area contributed by atoms with Crippen molar-refractivity contribution >= 4 is 65.1 Å². The molecule has 0 N–H and O–H groups in total. The topological polar surface area (TPSA) is 26.3 Å². The molecule has 2 rings (SSSR count). The molecule has 1 heterocycles. The number of hydrogen-bond acceptors (Lipinski definition) is 3. The number of thiophene rings is 1. The van der Waals surface area contributed by atoms with E-state index in [-0.39, 0.29) is 10.8 Å². The van der Waals surface area contributed by atoms with E-state index >= 15 is 0 Å². The minimum atomic E-state index is -0.411. The van der Waals surface area contributed by atoms with Gasteiger partial charge in [0.15, 0.2) is 0 Å². The third-order valence-electron chi connectivity index (χ3n) is 2.78. The first-order valence-electron chi connectivity index (χ1n) is 6.34. The van der Waals surface area contributed by atoms with Crippen LogP contribution in [-0.4, -0.2) is 17.4 Å². The number of carbonyl (C=O) groups excluding carboxylic acids is 1. The minimum Gasteiger partial charge on any atom is -0.465 e. The highest BCUT2D eigenvalue weighted by Gasteiger charge is 2.28. The first kappa shape index (κ1) is 17.2. The molecule has 0 unspecified atom stereocenters. The second-order valence-electron chi connectivity index (χ2n) is 4.25. The summed E-state index contributed by atoms with van der Waals surface area (Å²) in [4.78, 5) is 13.5. The Hall–Kier alpha value is -0.170. The zero-order valence-corrected chi connectivity index (χ0v) is 16.8. The molecule has 6 heteroatoms. The molecule has 0 spiro atoms. The van der Waals surface area contributed by atoms with Gasteiger partial charge in [-0.1, -0.05) is 62.2 Å². The Kier molecular flexibility index (Phi) is 6.47. The van der Waals surface area contributed by atoms with Gasteiger partial charge in [-0.15, -0.1) is 11.3 Å². The lowest BCUT2D eigenvalue weighted by Crippen LogP contribution is -2.21. The van der Waals surface area contributed by atoms with Crippen molar-refractivity contribution in [2.45, 2.75) is 16.6 Å². The van der Waals surface area contributed by atoms with Crippen LogP contribution in [0, 0.1) is 0 Å². The predicted octanol–water partition coefficient (Wildman–Crippen LogP) is 5.94. The van der Waals surface area contributed by atoms with Gasteiger partial charge in [-0.2, -0.15) is 0 Å². The summed E-state index contributed by atoms with van der Waals surface area (Å²) < 4.78 is 6.07. The number of ether oxygens (including phenoxy) is 1. The molecule has 0 radical (unpaired) electrons. The number of carbonyl (C=O) groups is 1. The largest absolute Gasteiger partial charge is 0.465 e. The zero-order valence-electron chi connectivity index (χ0n) is 11.2. The summed E-state index contributed by atoms with van der Waals surface area (Å²) in [7, 11) is 0. The van der Waals surface area contributed by atoms with Crippen LogP contribution >= 0.6 is 59.1 Å². The van der Waals surface area contributed by atoms with Gasteiger partial charge in [-0.25, -0.2) is 0 Å². The molecule has 21 heavy (non-hydrogen) atoms. The van der Waals surface area contributed by atoms with Crippen LogP contribution in [0.4, 0.5) is 0 Å². The lowest BCUT2D eigenvalue weighted by Gasteiger charge is -2.13. The Morgan fingerprint density at radius 3 is 2.57 bits per heavy atom. The Balaban J connectivity index is 2.24. The van der Waals surface area contributed by atoms with Gasteiger partial charge in [-0.3, -0.25) is 4.79 Å². The lowest BCUT2D eigenvalue weighted by molar-refractivity contribution is -0.142. The number of halogens is 3. The van der Waals surface area contributed by atoms with Crippen molar-refractivity contribution in [3.05, 3.63) is 45.7 Å². The summed E-state index contributed by atoms with van der Waals surface area (Å²) in [6, 6.07) is 12.2. The highest BCUT2D eigenvalue weighted by Crippen LogP contribution is 2.43. The Morgan fingerprint density at radius 2 is 1.95 bits per heavy atom. The highest BCUT2D eigenvalue weighted by atomic mass is 79.9. The van der Waals surface area contributed by atoms with Gasteiger partial charge in [0.05, 0.1) is 11.4 Å². The molecule has 2 aromatic rings. The smallest absolute Gasteiger partial charge is 0.321 e. The van der Waals surface area contributed by atoms with Crippen molar-refractivity contribution in [1.29, 1.82) is 0 Å². The molecule has 0 aliphatic carbocycles. The fourth-order valence-corrected chi connectivity index (χ4v) is 4.96. The van der Waals surface area contributed by atoms with Gasteiger partial charge in [0.1, 0.15) is 4.83 Å². The van der Waals surface area contributed by atoms with Crippen LogP contribution in [-0.2, 0) is 9.53 Å². The van der Waals surface area contributed by atoms with Crippen molar-refractivity contribution < 1.29 is 9.53 Å². The normalized spacial score (nSPS) is 13.7. The molecule has 1 aromatic heterocycles. The third kappa shape index (κ3) is 4.18. The van der Waals surface area contributed by atoms with Crippen molar-refractivity contribution in [1.82, 2.24) is 0 Å². The van der Waals surface area contributed by atoms with Crippen LogP contribution in [0.25, 0.3) is 10.4 Å². The van der Waals surface area contributed by atoms with Crippen LogP contribution in [0.5, 0.6) is 0 Å². The second kappa shape index (κ2) is 7.90. The summed E-state index contributed by atoms with van der Waals surface area (Å²) in [5.74, 6) is -0.259. The van der Waals surface area contributed by atoms with Crippen molar-refractivity contribution in [3.8, 4) is 10.4 Å². The van der Waals surface area contributed by atoms with Gasteiger partial charge in [-0.05, 0) is 34.5 Å². The Bertz CT molecular complexity index is 613. The van der Waals surface area contributed by atoms with Crippen molar-refractivity contribution in [2.75, 3.05) is 6.61 Å². The molecule has 0 saturated heterocycles. The van der Waals surface area contributed by atoms with E-state index in [9.17, 15) is 4.79 Å². The van der Waals surface area contributed by atoms with E-state index in [0.29, 0.717) is 6.61 Å². The molecule has 0 amide bonds. The van der Waals surface area contributed by atoms with E-state index < -0.39 is 4.83 Å². The molecule has 2 nitrogen and oxygen atoms in total. The molecule has 0 fully saturated rings. The van der Waals surface area contributed by atoms with Gasteiger partial charge in [0.2, 0.25) is 0 Å². The van der Waals surface area contributed by atoms with Crippen LogP contribution in [0.15, 0.2) is 40.9 Å². The zero-order chi connectivity index (χ0) is 15.4. The van der Waals surface area contributed by atoms with Crippen molar-refractivity contribution in [3.63, 3.8) is 0 Å². The van der Waals surface area contributed by atoms with Gasteiger partial charge in [0.25, 0.3) is 0 Å². The van der Waals surface area contributed by atoms with E-state index in [1.165, 1.54) is 0 Å². The molecule has 2 atom stereocenters. The average molecular weight is 497 g/mol. The Morgan fingerprint density at radius 1 is 1.29 bits per heavy atom. The lowest BCUT2D eigenvalue weighted by atomic mass is 10.2. The average Bonchev–Trinajstić information content (AvgIpc) is 2.89. The molecular weight excluding hydrogens is 484 g/mol. The van der Waals surface area contributed by atoms with Gasteiger partial charge < -0.3 is 4.74 Å². The van der Waals surface area contributed by atoms with E-state index in [1.54, 1.807) is 18.3 Å². The number of hydrogen-bond donors (Lipinski definition) is 0. The third-order valence-corrected chi connectivity index (χ3v) is 7.87. The fourth-order valence-electron chi connectivity index (χ4n) is 1.79. The maximum Gasteiger partial charge on any atom is 0.321 e. The summed E-state index contributed by atoms with van der Waals surface area (Å²) in [6.45, 7) is 2.18. The first-order valence-corrected chi connectivity index (χ1v) is 9.78. The number of benzene rings is 1. The molecule has 0 bridgehead atoms. The van der Waals surface area contributed by atoms with E-state index in [1.807, 2.05) is 24.3 Å². The number of rotatable bonds is 5. The Labute approximate surface area is 153 Å². The molecule has 1 aromatic carbocycles. The predicted molar refractivity (Wildman–Crippen MR) is 98.5 cm³/mol. The van der Waals surface area contributed by atoms with E-state index in [4.69, 9.17) is 4.74 Å². The summed E-state index contributed by atoms with van der Waals surface area (Å²) in [5.41, 5.74) is 1.16. The van der Waals surface area contributed by atoms with Crippen LogP contribution in [0.2, 0.25) is 0 Å². The summed E-state index contributed by atoms with van der Waals surface area (Å²) in [6.07, 6.45) is 0. The van der Waals surface area contributed by atoms with E-state index in [0.717, 1.165) is 19.8 Å². The number of alkyl halides is 2. The highest BCUT2D eigenvalue weighted by molar-refractivity contribution is 9.12. The van der Waals surface area contributed by atoms with E-state index in [2.05, 4.69) is 59.9 Å². The monoisotopic (exact) mass is 494 g/mol. The fraction of sp³-hybridized carbons (Fsp3) is 0.267.